The lowest BCUT2D eigenvalue weighted by Crippen LogP contribution is -2.26. The first-order chi connectivity index (χ1) is 12.5. The molecule has 5 nitrogen and oxygen atoms in total. The van der Waals surface area contributed by atoms with Gasteiger partial charge in [-0.05, 0) is 36.8 Å². The van der Waals surface area contributed by atoms with Crippen molar-refractivity contribution in [2.24, 2.45) is 0 Å². The van der Waals surface area contributed by atoms with Crippen LogP contribution in [0.2, 0.25) is 0 Å². The Labute approximate surface area is 157 Å². The van der Waals surface area contributed by atoms with Gasteiger partial charge in [0.2, 0.25) is 0 Å². The molecule has 1 amide bonds. The minimum absolute atomic E-state index is 0.0647. The van der Waals surface area contributed by atoms with Gasteiger partial charge >= 0.3 is 0 Å². The highest BCUT2D eigenvalue weighted by Crippen LogP contribution is 2.27. The van der Waals surface area contributed by atoms with Crippen molar-refractivity contribution >= 4 is 11.6 Å². The quantitative estimate of drug-likeness (QED) is 0.352. The van der Waals surface area contributed by atoms with Crippen molar-refractivity contribution in [2.75, 3.05) is 25.1 Å². The van der Waals surface area contributed by atoms with E-state index >= 15 is 0 Å². The van der Waals surface area contributed by atoms with Crippen molar-refractivity contribution in [2.45, 2.75) is 52.9 Å². The Morgan fingerprint density at radius 1 is 1.31 bits per heavy atom. The molecule has 0 aliphatic carbocycles. The first-order valence-corrected chi connectivity index (χ1v) is 9.33. The van der Waals surface area contributed by atoms with Crippen molar-refractivity contribution < 1.29 is 9.53 Å². The van der Waals surface area contributed by atoms with Crippen LogP contribution < -0.4 is 10.6 Å². The van der Waals surface area contributed by atoms with E-state index in [1.807, 2.05) is 25.1 Å². The van der Waals surface area contributed by atoms with Crippen LogP contribution in [0.3, 0.4) is 0 Å². The molecule has 0 fully saturated rings. The highest BCUT2D eigenvalue weighted by Gasteiger charge is 2.11. The van der Waals surface area contributed by atoms with Crippen LogP contribution in [-0.2, 0) is 9.53 Å². The minimum Gasteiger partial charge on any atom is -0.381 e. The van der Waals surface area contributed by atoms with Gasteiger partial charge in [0, 0.05) is 31.6 Å². The Hall–Kier alpha value is -2.32. The number of nitrogens with zero attached hydrogens (tertiary/aromatic N) is 1. The fraction of sp³-hybridized carbons (Fsp3) is 0.524. The largest absolute Gasteiger partial charge is 0.381 e. The van der Waals surface area contributed by atoms with E-state index < -0.39 is 0 Å². The summed E-state index contributed by atoms with van der Waals surface area (Å²) in [6.07, 6.45) is 4.38. The third-order valence-electron chi connectivity index (χ3n) is 4.05. The van der Waals surface area contributed by atoms with E-state index in [2.05, 4.69) is 37.5 Å². The van der Waals surface area contributed by atoms with Crippen molar-refractivity contribution in [3.8, 4) is 6.07 Å². The van der Waals surface area contributed by atoms with E-state index in [0.29, 0.717) is 19.1 Å². The number of para-hydroxylation sites is 1. The van der Waals surface area contributed by atoms with Gasteiger partial charge in [0.05, 0.1) is 0 Å². The molecule has 0 heterocycles. The van der Waals surface area contributed by atoms with E-state index in [-0.39, 0.29) is 11.5 Å². The van der Waals surface area contributed by atoms with E-state index in [1.165, 1.54) is 6.20 Å². The molecule has 5 heteroatoms. The average molecular weight is 357 g/mol. The number of carbonyl (C=O) groups is 1. The van der Waals surface area contributed by atoms with E-state index in [9.17, 15) is 10.1 Å². The number of anilines is 1. The molecule has 1 rings (SSSR count). The summed E-state index contributed by atoms with van der Waals surface area (Å²) in [4.78, 5) is 12.2. The highest BCUT2D eigenvalue weighted by molar-refractivity contribution is 5.97. The van der Waals surface area contributed by atoms with E-state index in [4.69, 9.17) is 4.74 Å². The van der Waals surface area contributed by atoms with E-state index in [0.717, 1.165) is 42.7 Å². The number of ether oxygens (including phenoxy) is 1. The summed E-state index contributed by atoms with van der Waals surface area (Å²) in [5.41, 5.74) is 3.25. The lowest BCUT2D eigenvalue weighted by molar-refractivity contribution is -0.117. The molecule has 0 radical (unpaired) electrons. The molecule has 0 aliphatic rings. The number of aryl methyl sites for hydroxylation is 1. The molecule has 0 saturated heterocycles. The van der Waals surface area contributed by atoms with Gasteiger partial charge in [0.1, 0.15) is 11.6 Å². The van der Waals surface area contributed by atoms with Crippen molar-refractivity contribution in [1.29, 1.82) is 5.26 Å². The summed E-state index contributed by atoms with van der Waals surface area (Å²) < 4.78 is 5.45. The molecule has 1 aromatic rings. The van der Waals surface area contributed by atoms with Gasteiger partial charge in [-0.3, -0.25) is 4.79 Å². The topological polar surface area (TPSA) is 74.1 Å². The Balaban J connectivity index is 2.58. The molecule has 0 saturated carbocycles. The smallest absolute Gasteiger partial charge is 0.263 e. The number of hydrogen-bond acceptors (Lipinski definition) is 4. The van der Waals surface area contributed by atoms with Gasteiger partial charge in [0.15, 0.2) is 0 Å². The number of amides is 1. The molecule has 26 heavy (non-hydrogen) atoms. The molecule has 2 N–H and O–H groups in total. The zero-order valence-corrected chi connectivity index (χ0v) is 16.4. The lowest BCUT2D eigenvalue weighted by Gasteiger charge is -2.15. The molecule has 1 aromatic carbocycles. The second kappa shape index (κ2) is 12.1. The Morgan fingerprint density at radius 2 is 2.04 bits per heavy atom. The normalized spacial score (nSPS) is 11.3. The number of hydrogen-bond donors (Lipinski definition) is 2. The van der Waals surface area contributed by atoms with Crippen LogP contribution in [0.5, 0.6) is 0 Å². The van der Waals surface area contributed by atoms with Gasteiger partial charge in [-0.25, -0.2) is 0 Å². The minimum atomic E-state index is -0.367. The zero-order chi connectivity index (χ0) is 19.4. The Kier molecular flexibility index (Phi) is 10.1. The molecular formula is C21H31N3O2. The SMILES string of the molecule is CCCCOCCCNC(=O)/C(C#N)=C\Nc1c(C)cccc1C(C)C. The molecule has 0 aliphatic heterocycles. The second-order valence-electron chi connectivity index (χ2n) is 6.58. The summed E-state index contributed by atoms with van der Waals surface area (Å²) in [5, 5.41) is 15.2. The van der Waals surface area contributed by atoms with Gasteiger partial charge in [-0.15, -0.1) is 0 Å². The fourth-order valence-electron chi connectivity index (χ4n) is 2.48. The number of benzene rings is 1. The highest BCUT2D eigenvalue weighted by atomic mass is 16.5. The maximum absolute atomic E-state index is 12.2. The van der Waals surface area contributed by atoms with Crippen LogP contribution in [-0.4, -0.2) is 25.7 Å². The van der Waals surface area contributed by atoms with Crippen molar-refractivity contribution in [1.82, 2.24) is 5.32 Å². The third kappa shape index (κ3) is 7.28. The lowest BCUT2D eigenvalue weighted by atomic mass is 9.98. The number of nitriles is 1. The van der Waals surface area contributed by atoms with Gasteiger partial charge < -0.3 is 15.4 Å². The number of nitrogens with one attached hydrogen (secondary N) is 2. The maximum atomic E-state index is 12.2. The molecule has 0 aromatic heterocycles. The first-order valence-electron chi connectivity index (χ1n) is 9.33. The molecule has 0 bridgehead atoms. The summed E-state index contributed by atoms with van der Waals surface area (Å²) in [6.45, 7) is 10.2. The summed E-state index contributed by atoms with van der Waals surface area (Å²) in [6, 6.07) is 8.04. The van der Waals surface area contributed by atoms with Crippen LogP contribution in [0, 0.1) is 18.3 Å². The summed E-state index contributed by atoms with van der Waals surface area (Å²) in [5.74, 6) is -0.0221. The molecule has 0 unspecified atom stereocenters. The number of unbranched alkanes of at least 4 members (excludes halogenated alkanes) is 1. The third-order valence-corrected chi connectivity index (χ3v) is 4.05. The van der Waals surface area contributed by atoms with Crippen LogP contribution in [0.4, 0.5) is 5.69 Å². The predicted molar refractivity (Wildman–Crippen MR) is 106 cm³/mol. The number of rotatable bonds is 11. The predicted octanol–water partition coefficient (Wildman–Crippen LogP) is 4.26. The zero-order valence-electron chi connectivity index (χ0n) is 16.4. The van der Waals surface area contributed by atoms with Crippen molar-refractivity contribution in [3.05, 3.63) is 41.1 Å². The van der Waals surface area contributed by atoms with Crippen LogP contribution >= 0.6 is 0 Å². The maximum Gasteiger partial charge on any atom is 0.263 e. The molecule has 0 atom stereocenters. The summed E-state index contributed by atoms with van der Waals surface area (Å²) >= 11 is 0. The Morgan fingerprint density at radius 3 is 2.69 bits per heavy atom. The summed E-state index contributed by atoms with van der Waals surface area (Å²) in [7, 11) is 0. The van der Waals surface area contributed by atoms with Crippen molar-refractivity contribution in [3.63, 3.8) is 0 Å². The molecule has 0 spiro atoms. The first kappa shape index (κ1) is 21.7. The Bertz CT molecular complexity index is 645. The van der Waals surface area contributed by atoms with Gasteiger partial charge in [-0.2, -0.15) is 5.26 Å². The molecule has 142 valence electrons. The van der Waals surface area contributed by atoms with Crippen LogP contribution in [0.1, 0.15) is 57.1 Å². The standard InChI is InChI=1S/C21H31N3O2/c1-5-6-12-26-13-8-11-23-21(25)18(14-22)15-24-20-17(4)9-7-10-19(20)16(2)3/h7,9-10,15-16,24H,5-6,8,11-13H2,1-4H3,(H,23,25)/b18-15-. The van der Waals surface area contributed by atoms with Gasteiger partial charge in [-0.1, -0.05) is 45.4 Å². The monoisotopic (exact) mass is 357 g/mol. The average Bonchev–Trinajstić information content (AvgIpc) is 2.62. The number of carbonyl (C=O) groups excluding carboxylic acids is 1. The fourth-order valence-corrected chi connectivity index (χ4v) is 2.48. The van der Waals surface area contributed by atoms with Crippen LogP contribution in [0.25, 0.3) is 0 Å². The van der Waals surface area contributed by atoms with E-state index in [1.54, 1.807) is 0 Å². The van der Waals surface area contributed by atoms with Gasteiger partial charge in [0.25, 0.3) is 5.91 Å². The molecular weight excluding hydrogens is 326 g/mol. The second-order valence-corrected chi connectivity index (χ2v) is 6.58. The van der Waals surface area contributed by atoms with Crippen LogP contribution in [0.15, 0.2) is 30.0 Å².